The highest BCUT2D eigenvalue weighted by Gasteiger charge is 2.14. The molecule has 0 fully saturated rings. The molecule has 16 heavy (non-hydrogen) atoms. The SMILES string of the molecule is Cc1cc(C(C)N)ccc1OCC(C)(C)O. The molecule has 3 N–H and O–H groups in total. The average molecular weight is 223 g/mol. The van der Waals surface area contributed by atoms with Crippen LogP contribution in [-0.4, -0.2) is 17.3 Å². The third-order valence-electron chi connectivity index (χ3n) is 2.31. The zero-order chi connectivity index (χ0) is 12.3. The van der Waals surface area contributed by atoms with Crippen LogP contribution in [-0.2, 0) is 0 Å². The normalized spacial score (nSPS) is 13.6. The van der Waals surface area contributed by atoms with Gasteiger partial charge in [0.2, 0.25) is 0 Å². The highest BCUT2D eigenvalue weighted by molar-refractivity contribution is 5.37. The van der Waals surface area contributed by atoms with Crippen molar-refractivity contribution >= 4 is 0 Å². The van der Waals surface area contributed by atoms with Crippen LogP contribution >= 0.6 is 0 Å². The first-order valence-electron chi connectivity index (χ1n) is 5.51. The van der Waals surface area contributed by atoms with Crippen LogP contribution in [0.25, 0.3) is 0 Å². The van der Waals surface area contributed by atoms with Crippen LogP contribution in [0.4, 0.5) is 0 Å². The van der Waals surface area contributed by atoms with Gasteiger partial charge in [-0.1, -0.05) is 12.1 Å². The molecule has 3 heteroatoms. The summed E-state index contributed by atoms with van der Waals surface area (Å²) >= 11 is 0. The van der Waals surface area contributed by atoms with Crippen LogP contribution in [0.15, 0.2) is 18.2 Å². The van der Waals surface area contributed by atoms with Crippen molar-refractivity contribution in [2.75, 3.05) is 6.61 Å². The van der Waals surface area contributed by atoms with Gasteiger partial charge < -0.3 is 15.6 Å². The summed E-state index contributed by atoms with van der Waals surface area (Å²) in [5, 5.41) is 9.57. The summed E-state index contributed by atoms with van der Waals surface area (Å²) in [5.74, 6) is 0.798. The first-order valence-corrected chi connectivity index (χ1v) is 5.51. The number of nitrogens with two attached hydrogens (primary N) is 1. The largest absolute Gasteiger partial charge is 0.490 e. The Bertz CT molecular complexity index is 353. The summed E-state index contributed by atoms with van der Waals surface area (Å²) in [4.78, 5) is 0. The average Bonchev–Trinajstić information content (AvgIpc) is 2.14. The fourth-order valence-corrected chi connectivity index (χ4v) is 1.37. The van der Waals surface area contributed by atoms with Crippen molar-refractivity contribution in [2.24, 2.45) is 5.73 Å². The van der Waals surface area contributed by atoms with E-state index in [1.165, 1.54) is 0 Å². The van der Waals surface area contributed by atoms with Gasteiger partial charge in [0.25, 0.3) is 0 Å². The van der Waals surface area contributed by atoms with Crippen LogP contribution in [0.3, 0.4) is 0 Å². The van der Waals surface area contributed by atoms with Gasteiger partial charge >= 0.3 is 0 Å². The van der Waals surface area contributed by atoms with E-state index in [1.54, 1.807) is 13.8 Å². The van der Waals surface area contributed by atoms with Crippen molar-refractivity contribution in [3.63, 3.8) is 0 Å². The third kappa shape index (κ3) is 3.83. The van der Waals surface area contributed by atoms with Gasteiger partial charge in [0.05, 0.1) is 5.60 Å². The van der Waals surface area contributed by atoms with E-state index < -0.39 is 5.60 Å². The second-order valence-electron chi connectivity index (χ2n) is 4.91. The maximum atomic E-state index is 9.57. The molecule has 0 aromatic heterocycles. The van der Waals surface area contributed by atoms with E-state index in [4.69, 9.17) is 10.5 Å². The molecule has 0 aliphatic rings. The second-order valence-corrected chi connectivity index (χ2v) is 4.91. The number of aryl methyl sites for hydroxylation is 1. The molecule has 1 atom stereocenters. The number of hydrogen-bond acceptors (Lipinski definition) is 3. The molecule has 3 nitrogen and oxygen atoms in total. The highest BCUT2D eigenvalue weighted by atomic mass is 16.5. The lowest BCUT2D eigenvalue weighted by molar-refractivity contribution is 0.0282. The van der Waals surface area contributed by atoms with Crippen LogP contribution in [0, 0.1) is 6.92 Å². The Kier molecular flexibility index (Phi) is 3.94. The van der Waals surface area contributed by atoms with Crippen molar-refractivity contribution in [3.05, 3.63) is 29.3 Å². The Morgan fingerprint density at radius 1 is 1.44 bits per heavy atom. The first-order chi connectivity index (χ1) is 7.29. The van der Waals surface area contributed by atoms with Gasteiger partial charge in [0.15, 0.2) is 0 Å². The predicted molar refractivity (Wildman–Crippen MR) is 65.6 cm³/mol. The smallest absolute Gasteiger partial charge is 0.122 e. The minimum atomic E-state index is -0.813. The Hall–Kier alpha value is -1.06. The molecule has 1 aromatic carbocycles. The quantitative estimate of drug-likeness (QED) is 0.822. The van der Waals surface area contributed by atoms with Gasteiger partial charge in [0.1, 0.15) is 12.4 Å². The third-order valence-corrected chi connectivity index (χ3v) is 2.31. The zero-order valence-corrected chi connectivity index (χ0v) is 10.4. The van der Waals surface area contributed by atoms with Gasteiger partial charge in [0, 0.05) is 6.04 Å². The second kappa shape index (κ2) is 4.85. The van der Waals surface area contributed by atoms with E-state index in [-0.39, 0.29) is 12.6 Å². The van der Waals surface area contributed by atoms with Crippen molar-refractivity contribution in [2.45, 2.75) is 39.3 Å². The minimum absolute atomic E-state index is 0.0297. The highest BCUT2D eigenvalue weighted by Crippen LogP contribution is 2.22. The monoisotopic (exact) mass is 223 g/mol. The first kappa shape index (κ1) is 13.0. The molecule has 90 valence electrons. The maximum absolute atomic E-state index is 9.57. The molecule has 0 saturated heterocycles. The predicted octanol–water partition coefficient (Wildman–Crippen LogP) is 2.16. The van der Waals surface area contributed by atoms with E-state index in [0.717, 1.165) is 16.9 Å². The van der Waals surface area contributed by atoms with Gasteiger partial charge in [-0.05, 0) is 44.9 Å². The Morgan fingerprint density at radius 2 is 2.06 bits per heavy atom. The van der Waals surface area contributed by atoms with Gasteiger partial charge in [-0.25, -0.2) is 0 Å². The van der Waals surface area contributed by atoms with Crippen LogP contribution in [0.1, 0.15) is 37.9 Å². The number of hydrogen-bond donors (Lipinski definition) is 2. The van der Waals surface area contributed by atoms with Crippen molar-refractivity contribution in [3.8, 4) is 5.75 Å². The molecule has 0 spiro atoms. The Morgan fingerprint density at radius 3 is 2.50 bits per heavy atom. The van der Waals surface area contributed by atoms with E-state index >= 15 is 0 Å². The lowest BCUT2D eigenvalue weighted by Gasteiger charge is -2.19. The van der Waals surface area contributed by atoms with Crippen LogP contribution in [0.2, 0.25) is 0 Å². The zero-order valence-electron chi connectivity index (χ0n) is 10.4. The lowest BCUT2D eigenvalue weighted by atomic mass is 10.1. The standard InChI is InChI=1S/C13H21NO2/c1-9-7-11(10(2)14)5-6-12(9)16-8-13(3,4)15/h5-7,10,15H,8,14H2,1-4H3. The molecule has 0 bridgehead atoms. The summed E-state index contributed by atoms with van der Waals surface area (Å²) in [6.45, 7) is 7.65. The fraction of sp³-hybridized carbons (Fsp3) is 0.538. The van der Waals surface area contributed by atoms with E-state index in [1.807, 2.05) is 32.0 Å². The topological polar surface area (TPSA) is 55.5 Å². The minimum Gasteiger partial charge on any atom is -0.490 e. The number of aliphatic hydroxyl groups is 1. The van der Waals surface area contributed by atoms with Gasteiger partial charge in [-0.3, -0.25) is 0 Å². The van der Waals surface area contributed by atoms with E-state index in [0.29, 0.717) is 0 Å². The lowest BCUT2D eigenvalue weighted by Crippen LogP contribution is -2.28. The molecule has 0 heterocycles. The maximum Gasteiger partial charge on any atom is 0.122 e. The molecule has 1 aromatic rings. The van der Waals surface area contributed by atoms with Crippen molar-refractivity contribution in [1.29, 1.82) is 0 Å². The number of rotatable bonds is 4. The number of benzene rings is 1. The molecule has 0 aliphatic carbocycles. The van der Waals surface area contributed by atoms with Gasteiger partial charge in [-0.15, -0.1) is 0 Å². The van der Waals surface area contributed by atoms with Gasteiger partial charge in [-0.2, -0.15) is 0 Å². The van der Waals surface area contributed by atoms with Crippen LogP contribution in [0.5, 0.6) is 5.75 Å². The number of ether oxygens (including phenoxy) is 1. The van der Waals surface area contributed by atoms with E-state index in [9.17, 15) is 5.11 Å². The van der Waals surface area contributed by atoms with Crippen LogP contribution < -0.4 is 10.5 Å². The molecule has 1 unspecified atom stereocenters. The Labute approximate surface area is 97.2 Å². The summed E-state index contributed by atoms with van der Waals surface area (Å²) in [7, 11) is 0. The molecule has 1 rings (SSSR count). The molecule has 0 aliphatic heterocycles. The molecular formula is C13H21NO2. The Balaban J connectivity index is 2.76. The molecule has 0 radical (unpaired) electrons. The summed E-state index contributed by atoms with van der Waals surface area (Å²) in [6.07, 6.45) is 0. The van der Waals surface area contributed by atoms with Crippen molar-refractivity contribution < 1.29 is 9.84 Å². The fourth-order valence-electron chi connectivity index (χ4n) is 1.37. The van der Waals surface area contributed by atoms with E-state index in [2.05, 4.69) is 0 Å². The molecule has 0 amide bonds. The molecule has 0 saturated carbocycles. The van der Waals surface area contributed by atoms with Crippen molar-refractivity contribution in [1.82, 2.24) is 0 Å². The summed E-state index contributed by atoms with van der Waals surface area (Å²) in [6, 6.07) is 5.91. The summed E-state index contributed by atoms with van der Waals surface area (Å²) < 4.78 is 5.55. The summed E-state index contributed by atoms with van der Waals surface area (Å²) in [5.41, 5.74) is 7.11. The molecular weight excluding hydrogens is 202 g/mol.